The number of hydrogen-bond donors (Lipinski definition) is 1. The first-order valence-electron chi connectivity index (χ1n) is 8.77. The molecule has 6 nitrogen and oxygen atoms in total. The van der Waals surface area contributed by atoms with Crippen molar-refractivity contribution in [2.45, 2.75) is 24.5 Å². The lowest BCUT2D eigenvalue weighted by Gasteiger charge is -2.08. The Morgan fingerprint density at radius 3 is 2.75 bits per heavy atom. The van der Waals surface area contributed by atoms with Gasteiger partial charge in [0.05, 0.1) is 11.4 Å². The number of anilines is 1. The Morgan fingerprint density at radius 2 is 2.00 bits per heavy atom. The monoisotopic (exact) mass is 413 g/mol. The molecule has 144 valence electrons. The van der Waals surface area contributed by atoms with Crippen molar-refractivity contribution in [3.63, 3.8) is 0 Å². The molecule has 0 atom stereocenters. The second-order valence-electron chi connectivity index (χ2n) is 5.96. The molecular formula is C20H20ClN5OS. The van der Waals surface area contributed by atoms with E-state index in [0.717, 1.165) is 18.7 Å². The van der Waals surface area contributed by atoms with Crippen molar-refractivity contribution < 1.29 is 4.79 Å². The molecule has 0 aliphatic heterocycles. The molecule has 0 aliphatic carbocycles. The lowest BCUT2D eigenvalue weighted by molar-refractivity contribution is -0.113. The molecule has 2 heterocycles. The average Bonchev–Trinajstić information content (AvgIpc) is 3.09. The van der Waals surface area contributed by atoms with E-state index in [0.29, 0.717) is 17.4 Å². The lowest BCUT2D eigenvalue weighted by atomic mass is 10.1. The van der Waals surface area contributed by atoms with E-state index in [1.807, 2.05) is 22.8 Å². The van der Waals surface area contributed by atoms with Crippen molar-refractivity contribution >= 4 is 35.0 Å². The fourth-order valence-corrected chi connectivity index (χ4v) is 3.55. The summed E-state index contributed by atoms with van der Waals surface area (Å²) >= 11 is 7.30. The topological polar surface area (TPSA) is 72.7 Å². The zero-order valence-electron chi connectivity index (χ0n) is 15.2. The molecule has 28 heavy (non-hydrogen) atoms. The minimum atomic E-state index is -0.182. The minimum Gasteiger partial charge on any atom is -0.323 e. The largest absolute Gasteiger partial charge is 0.323 e. The smallest absolute Gasteiger partial charge is 0.234 e. The van der Waals surface area contributed by atoms with Gasteiger partial charge in [0.2, 0.25) is 5.91 Å². The zero-order valence-corrected chi connectivity index (χ0v) is 16.8. The number of aromatic nitrogens is 4. The minimum absolute atomic E-state index is 0.182. The highest BCUT2D eigenvalue weighted by Crippen LogP contribution is 2.21. The summed E-state index contributed by atoms with van der Waals surface area (Å²) in [6.07, 6.45) is 5.01. The Kier molecular flexibility index (Phi) is 7.22. The molecule has 2 aromatic heterocycles. The standard InChI is InChI=1S/C20H20ClN5OS/c1-2-13-26-17(11-10-15-7-4-3-5-8-15)24-25-20(26)28-14-18(27)23-16-9-6-12-22-19(16)21/h2-9,12H,1,10-11,13-14H2,(H,23,27). The summed E-state index contributed by atoms with van der Waals surface area (Å²) in [4.78, 5) is 16.2. The van der Waals surface area contributed by atoms with Gasteiger partial charge in [-0.3, -0.25) is 4.79 Å². The number of rotatable bonds is 9. The first-order valence-corrected chi connectivity index (χ1v) is 10.1. The number of hydrogen-bond acceptors (Lipinski definition) is 5. The highest BCUT2D eigenvalue weighted by Gasteiger charge is 2.14. The quantitative estimate of drug-likeness (QED) is 0.325. The van der Waals surface area contributed by atoms with E-state index >= 15 is 0 Å². The molecule has 0 bridgehead atoms. The van der Waals surface area contributed by atoms with Gasteiger partial charge in [-0.05, 0) is 24.1 Å². The molecule has 0 spiro atoms. The highest BCUT2D eigenvalue weighted by molar-refractivity contribution is 7.99. The second kappa shape index (κ2) is 10.1. The van der Waals surface area contributed by atoms with Crippen LogP contribution in [0.4, 0.5) is 5.69 Å². The molecule has 0 saturated heterocycles. The maximum atomic E-state index is 12.2. The van der Waals surface area contributed by atoms with Crippen LogP contribution in [-0.2, 0) is 24.2 Å². The van der Waals surface area contributed by atoms with Gasteiger partial charge in [0.25, 0.3) is 0 Å². The molecule has 1 amide bonds. The maximum Gasteiger partial charge on any atom is 0.234 e. The van der Waals surface area contributed by atoms with Crippen LogP contribution in [0.1, 0.15) is 11.4 Å². The number of benzene rings is 1. The average molecular weight is 414 g/mol. The van der Waals surface area contributed by atoms with Crippen molar-refractivity contribution in [3.8, 4) is 0 Å². The fraction of sp³-hybridized carbons (Fsp3) is 0.200. The molecule has 0 unspecified atom stereocenters. The van der Waals surface area contributed by atoms with Gasteiger partial charge in [-0.25, -0.2) is 4.98 Å². The SMILES string of the molecule is C=CCn1c(CCc2ccccc2)nnc1SCC(=O)Nc1cccnc1Cl. The fourth-order valence-electron chi connectivity index (χ4n) is 2.62. The number of amides is 1. The van der Waals surface area contributed by atoms with Gasteiger partial charge in [-0.15, -0.1) is 16.8 Å². The van der Waals surface area contributed by atoms with Gasteiger partial charge in [-0.2, -0.15) is 0 Å². The summed E-state index contributed by atoms with van der Waals surface area (Å²) in [5.74, 6) is 0.889. The molecule has 0 fully saturated rings. The summed E-state index contributed by atoms with van der Waals surface area (Å²) in [6, 6.07) is 13.7. The van der Waals surface area contributed by atoms with Crippen molar-refractivity contribution in [1.82, 2.24) is 19.7 Å². The number of thioether (sulfide) groups is 1. The lowest BCUT2D eigenvalue weighted by Crippen LogP contribution is -2.15. The number of carbonyl (C=O) groups excluding carboxylic acids is 1. The number of aryl methyl sites for hydroxylation is 2. The number of halogens is 1. The van der Waals surface area contributed by atoms with Crippen molar-refractivity contribution in [2.75, 3.05) is 11.1 Å². The van der Waals surface area contributed by atoms with Crippen LogP contribution in [0.3, 0.4) is 0 Å². The number of carbonyl (C=O) groups is 1. The highest BCUT2D eigenvalue weighted by atomic mass is 35.5. The third kappa shape index (κ3) is 5.43. The van der Waals surface area contributed by atoms with E-state index in [-0.39, 0.29) is 16.8 Å². The zero-order chi connectivity index (χ0) is 19.8. The van der Waals surface area contributed by atoms with E-state index in [4.69, 9.17) is 11.6 Å². The Morgan fingerprint density at radius 1 is 1.18 bits per heavy atom. The molecule has 8 heteroatoms. The van der Waals surface area contributed by atoms with Gasteiger partial charge in [0.15, 0.2) is 10.3 Å². The first kappa shape index (κ1) is 20.1. The van der Waals surface area contributed by atoms with Gasteiger partial charge in [0.1, 0.15) is 5.82 Å². The van der Waals surface area contributed by atoms with Gasteiger partial charge in [-0.1, -0.05) is 59.8 Å². The van der Waals surface area contributed by atoms with Crippen LogP contribution in [0.5, 0.6) is 0 Å². The summed E-state index contributed by atoms with van der Waals surface area (Å²) < 4.78 is 1.99. The van der Waals surface area contributed by atoms with Gasteiger partial charge in [0, 0.05) is 19.2 Å². The van der Waals surface area contributed by atoms with E-state index in [1.54, 1.807) is 24.4 Å². The predicted molar refractivity (Wildman–Crippen MR) is 113 cm³/mol. The number of pyridine rings is 1. The van der Waals surface area contributed by atoms with Gasteiger partial charge >= 0.3 is 0 Å². The van der Waals surface area contributed by atoms with Crippen LogP contribution >= 0.6 is 23.4 Å². The Balaban J connectivity index is 1.61. The Bertz CT molecular complexity index is 945. The normalized spacial score (nSPS) is 10.6. The van der Waals surface area contributed by atoms with Crippen LogP contribution in [0.25, 0.3) is 0 Å². The molecule has 1 aromatic carbocycles. The Hall–Kier alpha value is -2.64. The molecule has 3 aromatic rings. The molecular weight excluding hydrogens is 394 g/mol. The molecule has 0 aliphatic rings. The molecule has 0 saturated carbocycles. The third-order valence-electron chi connectivity index (χ3n) is 3.95. The summed E-state index contributed by atoms with van der Waals surface area (Å²) in [5.41, 5.74) is 1.74. The van der Waals surface area contributed by atoms with Crippen LogP contribution in [0.15, 0.2) is 66.5 Å². The van der Waals surface area contributed by atoms with Crippen LogP contribution in [0.2, 0.25) is 5.15 Å². The van der Waals surface area contributed by atoms with Crippen LogP contribution < -0.4 is 5.32 Å². The molecule has 1 N–H and O–H groups in total. The molecule has 0 radical (unpaired) electrons. The third-order valence-corrected chi connectivity index (χ3v) is 5.22. The summed E-state index contributed by atoms with van der Waals surface area (Å²) in [6.45, 7) is 4.40. The number of allylic oxidation sites excluding steroid dienone is 1. The Labute approximate surface area is 173 Å². The van der Waals surface area contributed by atoms with Crippen molar-refractivity contribution in [3.05, 3.63) is 77.9 Å². The van der Waals surface area contributed by atoms with Crippen molar-refractivity contribution in [2.24, 2.45) is 0 Å². The van der Waals surface area contributed by atoms with Crippen LogP contribution in [0, 0.1) is 0 Å². The van der Waals surface area contributed by atoms with Crippen LogP contribution in [-0.4, -0.2) is 31.4 Å². The number of nitrogens with one attached hydrogen (secondary N) is 1. The second-order valence-corrected chi connectivity index (χ2v) is 7.26. The number of nitrogens with zero attached hydrogens (tertiary/aromatic N) is 4. The van der Waals surface area contributed by atoms with E-state index in [9.17, 15) is 4.79 Å². The molecule has 3 rings (SSSR count). The summed E-state index contributed by atoms with van der Waals surface area (Å²) in [5, 5.41) is 12.3. The van der Waals surface area contributed by atoms with Crippen molar-refractivity contribution in [1.29, 1.82) is 0 Å². The van der Waals surface area contributed by atoms with E-state index in [2.05, 4.69) is 39.2 Å². The van der Waals surface area contributed by atoms with Gasteiger partial charge < -0.3 is 9.88 Å². The summed E-state index contributed by atoms with van der Waals surface area (Å²) in [7, 11) is 0. The maximum absolute atomic E-state index is 12.2. The predicted octanol–water partition coefficient (Wildman–Crippen LogP) is 4.03. The van der Waals surface area contributed by atoms with E-state index in [1.165, 1.54) is 17.3 Å². The first-order chi connectivity index (χ1) is 13.7. The van der Waals surface area contributed by atoms with E-state index < -0.39 is 0 Å².